The summed E-state index contributed by atoms with van der Waals surface area (Å²) in [6.45, 7) is 1.99. The van der Waals surface area contributed by atoms with Crippen LogP contribution in [0.15, 0.2) is 91.0 Å². The molecule has 44 heavy (non-hydrogen) atoms. The van der Waals surface area contributed by atoms with Crippen LogP contribution in [-0.4, -0.2) is 50.8 Å². The van der Waals surface area contributed by atoms with E-state index in [0.29, 0.717) is 39.5 Å². The van der Waals surface area contributed by atoms with Crippen molar-refractivity contribution in [3.05, 3.63) is 124 Å². The highest BCUT2D eigenvalue weighted by Gasteiger charge is 2.71. The molecule has 4 aromatic carbocycles. The minimum absolute atomic E-state index is 0.189. The van der Waals surface area contributed by atoms with E-state index in [1.165, 1.54) is 21.3 Å². The highest BCUT2D eigenvalue weighted by atomic mass is 16.5. The Morgan fingerprint density at radius 1 is 0.773 bits per heavy atom. The number of carbonyl (C=O) groups is 3. The summed E-state index contributed by atoms with van der Waals surface area (Å²) in [7, 11) is 4.56. The highest BCUT2D eigenvalue weighted by Crippen LogP contribution is 2.62. The molecule has 0 bridgehead atoms. The number of Topliss-reactive ketones (excluding diaryl/α,β-unsaturated/α-hetero) is 3. The molecule has 2 aliphatic heterocycles. The first-order valence-corrected chi connectivity index (χ1v) is 14.5. The second-order valence-electron chi connectivity index (χ2n) is 11.5. The number of ether oxygens (including phenoxy) is 3. The Balaban J connectivity index is 1.59. The molecule has 0 N–H and O–H groups in total. The van der Waals surface area contributed by atoms with Crippen LogP contribution in [0.25, 0.3) is 6.08 Å². The molecule has 7 nitrogen and oxygen atoms in total. The van der Waals surface area contributed by atoms with Crippen molar-refractivity contribution < 1.29 is 28.6 Å². The Kier molecular flexibility index (Phi) is 6.43. The first-order valence-electron chi connectivity index (χ1n) is 14.5. The molecule has 1 fully saturated rings. The molecule has 1 aliphatic carbocycles. The number of rotatable bonds is 6. The summed E-state index contributed by atoms with van der Waals surface area (Å²) in [6.07, 6.45) is 3.88. The van der Waals surface area contributed by atoms with Crippen LogP contribution in [0.3, 0.4) is 0 Å². The zero-order valence-corrected chi connectivity index (χ0v) is 24.9. The molecule has 0 radical (unpaired) electrons. The van der Waals surface area contributed by atoms with Crippen molar-refractivity contribution >= 4 is 29.1 Å². The van der Waals surface area contributed by atoms with Crippen LogP contribution in [-0.2, 0) is 0 Å². The van der Waals surface area contributed by atoms with Crippen LogP contribution in [0.4, 0.5) is 5.69 Å². The fourth-order valence-electron chi connectivity index (χ4n) is 7.50. The lowest BCUT2D eigenvalue weighted by atomic mass is 9.64. The van der Waals surface area contributed by atoms with E-state index in [1.54, 1.807) is 48.5 Å². The van der Waals surface area contributed by atoms with E-state index in [9.17, 15) is 14.4 Å². The minimum atomic E-state index is -1.64. The number of methoxy groups -OCH3 is 3. The van der Waals surface area contributed by atoms with Crippen LogP contribution in [0, 0.1) is 12.3 Å². The topological polar surface area (TPSA) is 82.1 Å². The van der Waals surface area contributed by atoms with Gasteiger partial charge in [0.25, 0.3) is 0 Å². The average molecular weight is 586 g/mol. The largest absolute Gasteiger partial charge is 0.493 e. The van der Waals surface area contributed by atoms with Gasteiger partial charge in [-0.15, -0.1) is 0 Å². The summed E-state index contributed by atoms with van der Waals surface area (Å²) in [5.74, 6) is -0.567. The summed E-state index contributed by atoms with van der Waals surface area (Å²) in [5, 5.41) is 0. The predicted molar refractivity (Wildman–Crippen MR) is 167 cm³/mol. The Morgan fingerprint density at radius 3 is 1.98 bits per heavy atom. The lowest BCUT2D eigenvalue weighted by Gasteiger charge is -2.37. The number of ketones is 3. The van der Waals surface area contributed by atoms with Crippen LogP contribution in [0.2, 0.25) is 0 Å². The van der Waals surface area contributed by atoms with Gasteiger partial charge in [0.1, 0.15) is 11.5 Å². The van der Waals surface area contributed by atoms with Crippen LogP contribution < -0.4 is 19.1 Å². The SMILES string of the molecule is COc1cc([C@H]2[C@H](C(=O)c3ccccc3)N3c4cc(C)ccc4C=C[C@@H]3C23C(=O)c2ccccc2C3=O)cc(OC)c1OC. The van der Waals surface area contributed by atoms with Crippen LogP contribution >= 0.6 is 0 Å². The normalized spacial score (nSPS) is 20.7. The van der Waals surface area contributed by atoms with Crippen molar-refractivity contribution in [3.8, 4) is 17.2 Å². The van der Waals surface area contributed by atoms with Crippen molar-refractivity contribution in [3.63, 3.8) is 0 Å². The van der Waals surface area contributed by atoms with Gasteiger partial charge in [0, 0.05) is 28.3 Å². The van der Waals surface area contributed by atoms with Crippen LogP contribution in [0.5, 0.6) is 17.2 Å². The Morgan fingerprint density at radius 2 is 1.39 bits per heavy atom. The summed E-state index contributed by atoms with van der Waals surface area (Å²) < 4.78 is 17.1. The summed E-state index contributed by atoms with van der Waals surface area (Å²) >= 11 is 0. The van der Waals surface area contributed by atoms with E-state index in [4.69, 9.17) is 14.2 Å². The van der Waals surface area contributed by atoms with Crippen molar-refractivity contribution in [2.45, 2.75) is 24.9 Å². The molecule has 0 aromatic heterocycles. The van der Waals surface area contributed by atoms with E-state index in [1.807, 2.05) is 60.4 Å². The third-order valence-electron chi connectivity index (χ3n) is 9.34. The lowest BCUT2D eigenvalue weighted by molar-refractivity contribution is 0.0665. The third kappa shape index (κ3) is 3.65. The zero-order chi connectivity index (χ0) is 30.7. The predicted octanol–water partition coefficient (Wildman–Crippen LogP) is 6.34. The molecule has 220 valence electrons. The standard InChI is InChI=1S/C37H31NO6/c1-21-14-15-22-16-17-30-37(35(40)25-12-8-9-13-26(25)36(37)41)31(24-19-28(42-2)34(44-4)29(20-24)43-3)32(38(30)27(22)18-21)33(39)23-10-6-5-7-11-23/h5-20,30-32H,1-4H3/t30-,31+,32-/m1/s1. The molecule has 3 aliphatic rings. The average Bonchev–Trinajstić information content (AvgIpc) is 3.50. The van der Waals surface area contributed by atoms with Gasteiger partial charge in [0.05, 0.1) is 27.4 Å². The van der Waals surface area contributed by atoms with Crippen molar-refractivity contribution in [2.75, 3.05) is 26.2 Å². The van der Waals surface area contributed by atoms with E-state index >= 15 is 0 Å². The van der Waals surface area contributed by atoms with Gasteiger partial charge in [-0.3, -0.25) is 14.4 Å². The smallest absolute Gasteiger partial charge is 0.203 e. The maximum absolute atomic E-state index is 14.9. The number of fused-ring (bicyclic) bond motifs is 5. The number of carbonyl (C=O) groups excluding carboxylic acids is 3. The number of hydrogen-bond acceptors (Lipinski definition) is 7. The van der Waals surface area contributed by atoms with E-state index in [-0.39, 0.29) is 17.3 Å². The van der Waals surface area contributed by atoms with Crippen molar-refractivity contribution in [2.24, 2.45) is 5.41 Å². The first-order chi connectivity index (χ1) is 21.4. The molecule has 3 atom stereocenters. The van der Waals surface area contributed by atoms with Crippen LogP contribution in [0.1, 0.15) is 53.7 Å². The number of aryl methyl sites for hydroxylation is 1. The summed E-state index contributed by atoms with van der Waals surface area (Å²) in [4.78, 5) is 46.7. The van der Waals surface area contributed by atoms with E-state index in [0.717, 1.165) is 16.8 Å². The highest BCUT2D eigenvalue weighted by molar-refractivity contribution is 6.32. The fourth-order valence-corrected chi connectivity index (χ4v) is 7.50. The Labute approximate surface area is 255 Å². The summed E-state index contributed by atoms with van der Waals surface area (Å²) in [6, 6.07) is 23.9. The zero-order valence-electron chi connectivity index (χ0n) is 24.9. The second kappa shape index (κ2) is 10.2. The quantitative estimate of drug-likeness (QED) is 0.193. The number of anilines is 1. The van der Waals surface area contributed by atoms with Gasteiger partial charge in [-0.1, -0.05) is 78.9 Å². The summed E-state index contributed by atoms with van der Waals surface area (Å²) in [5.41, 5.74) is 2.87. The van der Waals surface area contributed by atoms with Gasteiger partial charge in [0.15, 0.2) is 28.8 Å². The molecule has 7 rings (SSSR count). The van der Waals surface area contributed by atoms with E-state index in [2.05, 4.69) is 0 Å². The molecular formula is C37H31NO6. The van der Waals surface area contributed by atoms with Crippen molar-refractivity contribution in [1.29, 1.82) is 0 Å². The molecule has 0 unspecified atom stereocenters. The van der Waals surface area contributed by atoms with E-state index < -0.39 is 23.4 Å². The molecule has 4 aromatic rings. The maximum atomic E-state index is 14.9. The molecule has 7 heteroatoms. The molecule has 1 saturated heterocycles. The number of benzene rings is 4. The van der Waals surface area contributed by atoms with Gasteiger partial charge in [0.2, 0.25) is 5.75 Å². The Hall–Kier alpha value is -5.17. The van der Waals surface area contributed by atoms with Crippen molar-refractivity contribution in [1.82, 2.24) is 0 Å². The van der Waals surface area contributed by atoms with Gasteiger partial charge in [-0.2, -0.15) is 0 Å². The maximum Gasteiger partial charge on any atom is 0.203 e. The first kappa shape index (κ1) is 27.7. The van der Waals surface area contributed by atoms with Gasteiger partial charge < -0.3 is 19.1 Å². The second-order valence-corrected chi connectivity index (χ2v) is 11.5. The molecule has 0 amide bonds. The molecular weight excluding hydrogens is 554 g/mol. The lowest BCUT2D eigenvalue weighted by Crippen LogP contribution is -2.48. The number of hydrogen-bond donors (Lipinski definition) is 0. The molecule has 0 saturated carbocycles. The third-order valence-corrected chi connectivity index (χ3v) is 9.34. The Bertz CT molecular complexity index is 1820. The molecule has 1 spiro atoms. The van der Waals surface area contributed by atoms with Gasteiger partial charge in [-0.05, 0) is 41.8 Å². The molecule has 2 heterocycles. The fraction of sp³-hybridized carbons (Fsp3) is 0.216. The number of nitrogens with zero attached hydrogens (tertiary/aromatic N) is 1. The monoisotopic (exact) mass is 585 g/mol. The minimum Gasteiger partial charge on any atom is -0.493 e. The van der Waals surface area contributed by atoms with Gasteiger partial charge >= 0.3 is 0 Å². The van der Waals surface area contributed by atoms with Gasteiger partial charge in [-0.25, -0.2) is 0 Å².